The molecule has 26 heavy (non-hydrogen) atoms. The van der Waals surface area contributed by atoms with E-state index in [1.807, 2.05) is 0 Å². The summed E-state index contributed by atoms with van der Waals surface area (Å²) < 4.78 is 43.8. The number of ether oxygens (including phenoxy) is 3. The monoisotopic (exact) mass is 360 g/mol. The lowest BCUT2D eigenvalue weighted by Crippen LogP contribution is -2.00. The maximum Gasteiger partial charge on any atom is 0.203 e. The van der Waals surface area contributed by atoms with Gasteiger partial charge in [0.15, 0.2) is 17.3 Å². The smallest absolute Gasteiger partial charge is 0.203 e. The fourth-order valence-electron chi connectivity index (χ4n) is 2.79. The molecule has 0 aliphatic carbocycles. The molecule has 0 saturated carbocycles. The summed E-state index contributed by atoms with van der Waals surface area (Å²) in [5.74, 6) is -0.0118. The lowest BCUT2D eigenvalue weighted by molar-refractivity contribution is 0.324. The summed E-state index contributed by atoms with van der Waals surface area (Å²) >= 11 is 0. The van der Waals surface area contributed by atoms with Crippen LogP contribution in [-0.4, -0.2) is 26.3 Å². The third-order valence-corrected chi connectivity index (χ3v) is 3.90. The number of rotatable bonds is 5. The van der Waals surface area contributed by atoms with Crippen LogP contribution in [0.25, 0.3) is 10.9 Å². The fourth-order valence-corrected chi connectivity index (χ4v) is 2.79. The highest BCUT2D eigenvalue weighted by atomic mass is 19.1. The Bertz CT molecular complexity index is 952. The number of anilines is 2. The summed E-state index contributed by atoms with van der Waals surface area (Å²) in [7, 11) is 4.54. The summed E-state index contributed by atoms with van der Waals surface area (Å²) in [6.45, 7) is 1.74. The van der Waals surface area contributed by atoms with Crippen LogP contribution in [0, 0.1) is 18.6 Å². The molecule has 3 rings (SSSR count). The molecule has 0 atom stereocenters. The molecule has 7 heteroatoms. The van der Waals surface area contributed by atoms with Crippen LogP contribution >= 0.6 is 0 Å². The number of nitrogens with one attached hydrogen (secondary N) is 1. The van der Waals surface area contributed by atoms with E-state index in [1.54, 1.807) is 25.1 Å². The van der Waals surface area contributed by atoms with Crippen molar-refractivity contribution in [2.45, 2.75) is 6.92 Å². The molecule has 0 spiro atoms. The van der Waals surface area contributed by atoms with Crippen LogP contribution in [0.5, 0.6) is 17.2 Å². The minimum absolute atomic E-state index is 0.0985. The number of halogens is 2. The first-order valence-corrected chi connectivity index (χ1v) is 7.80. The third kappa shape index (κ3) is 3.20. The van der Waals surface area contributed by atoms with E-state index >= 15 is 0 Å². The Kier molecular flexibility index (Phi) is 4.79. The molecule has 0 bridgehead atoms. The Morgan fingerprint density at radius 1 is 0.885 bits per heavy atom. The van der Waals surface area contributed by atoms with Gasteiger partial charge in [-0.2, -0.15) is 0 Å². The molecule has 0 amide bonds. The first-order valence-electron chi connectivity index (χ1n) is 7.80. The summed E-state index contributed by atoms with van der Waals surface area (Å²) in [4.78, 5) is 4.16. The molecule has 0 fully saturated rings. The topological polar surface area (TPSA) is 52.6 Å². The second kappa shape index (κ2) is 7.03. The van der Waals surface area contributed by atoms with Crippen LogP contribution < -0.4 is 19.5 Å². The molecule has 0 aliphatic rings. The summed E-state index contributed by atoms with van der Waals surface area (Å²) in [6.07, 6.45) is 0. The molecule has 0 aliphatic heterocycles. The molecule has 0 unspecified atom stereocenters. The van der Waals surface area contributed by atoms with Crippen molar-refractivity contribution in [2.24, 2.45) is 0 Å². The summed E-state index contributed by atoms with van der Waals surface area (Å²) in [5, 5.41) is 3.49. The average Bonchev–Trinajstić information content (AvgIpc) is 2.61. The number of aryl methyl sites for hydroxylation is 1. The van der Waals surface area contributed by atoms with Gasteiger partial charge in [0.05, 0.1) is 21.3 Å². The summed E-state index contributed by atoms with van der Waals surface area (Å²) in [6, 6.07) is 7.19. The number of nitrogens with zero attached hydrogens (tertiary/aromatic N) is 1. The zero-order chi connectivity index (χ0) is 18.8. The van der Waals surface area contributed by atoms with E-state index in [9.17, 15) is 8.78 Å². The predicted octanol–water partition coefficient (Wildman–Crippen LogP) is 4.59. The second-order valence-corrected chi connectivity index (χ2v) is 5.63. The maximum atomic E-state index is 14.1. The van der Waals surface area contributed by atoms with Crippen molar-refractivity contribution in [1.82, 2.24) is 4.98 Å². The van der Waals surface area contributed by atoms with Gasteiger partial charge in [0.25, 0.3) is 0 Å². The van der Waals surface area contributed by atoms with Crippen LogP contribution in [0.4, 0.5) is 20.2 Å². The maximum absolute atomic E-state index is 14.1. The van der Waals surface area contributed by atoms with Crippen molar-refractivity contribution in [3.8, 4) is 17.2 Å². The number of hydrogen-bond donors (Lipinski definition) is 1. The Balaban J connectivity index is 2.15. The Morgan fingerprint density at radius 2 is 1.54 bits per heavy atom. The van der Waals surface area contributed by atoms with Crippen molar-refractivity contribution in [1.29, 1.82) is 0 Å². The van der Waals surface area contributed by atoms with Gasteiger partial charge < -0.3 is 19.5 Å². The van der Waals surface area contributed by atoms with Gasteiger partial charge in [0.1, 0.15) is 11.3 Å². The van der Waals surface area contributed by atoms with E-state index in [2.05, 4.69) is 10.3 Å². The lowest BCUT2D eigenvalue weighted by atomic mass is 10.1. The number of hydrogen-bond acceptors (Lipinski definition) is 5. The molecule has 1 heterocycles. The first kappa shape index (κ1) is 17.7. The third-order valence-electron chi connectivity index (χ3n) is 3.90. The number of benzene rings is 2. The molecule has 0 radical (unpaired) electrons. The van der Waals surface area contributed by atoms with Crippen LogP contribution in [0.1, 0.15) is 5.69 Å². The number of methoxy groups -OCH3 is 3. The van der Waals surface area contributed by atoms with Gasteiger partial charge in [-0.3, -0.25) is 0 Å². The largest absolute Gasteiger partial charge is 0.493 e. The van der Waals surface area contributed by atoms with Gasteiger partial charge >= 0.3 is 0 Å². The second-order valence-electron chi connectivity index (χ2n) is 5.63. The van der Waals surface area contributed by atoms with Gasteiger partial charge in [-0.15, -0.1) is 0 Å². The Labute approximate surface area is 149 Å². The average molecular weight is 360 g/mol. The molecule has 5 nitrogen and oxygen atoms in total. The van der Waals surface area contributed by atoms with Crippen LogP contribution in [0.3, 0.4) is 0 Å². The Hall–Kier alpha value is -3.09. The van der Waals surface area contributed by atoms with E-state index in [1.165, 1.54) is 27.4 Å². The van der Waals surface area contributed by atoms with Gasteiger partial charge in [-0.25, -0.2) is 13.8 Å². The number of fused-ring (bicyclic) bond motifs is 1. The van der Waals surface area contributed by atoms with Gasteiger partial charge in [0, 0.05) is 40.7 Å². The normalized spacial score (nSPS) is 10.7. The number of pyridine rings is 1. The van der Waals surface area contributed by atoms with E-state index in [4.69, 9.17) is 14.2 Å². The first-order chi connectivity index (χ1) is 12.5. The predicted molar refractivity (Wildman–Crippen MR) is 95.8 cm³/mol. The number of aromatic nitrogens is 1. The SMILES string of the molecule is COc1cc(Nc2cc(C)nc3c(F)cc(F)cc23)cc(OC)c1OC. The molecule has 0 saturated heterocycles. The van der Waals surface area contributed by atoms with E-state index < -0.39 is 11.6 Å². The fraction of sp³-hybridized carbons (Fsp3) is 0.211. The van der Waals surface area contributed by atoms with Crippen LogP contribution in [0.15, 0.2) is 30.3 Å². The standard InChI is InChI=1S/C19H18F2N2O3/c1-10-5-15(13-6-11(20)7-14(21)18(13)22-10)23-12-8-16(24-2)19(26-4)17(9-12)25-3/h5-9H,1-4H3,(H,22,23). The van der Waals surface area contributed by atoms with Gasteiger partial charge in [-0.05, 0) is 19.1 Å². The van der Waals surface area contributed by atoms with Crippen molar-refractivity contribution >= 4 is 22.3 Å². The summed E-state index contributed by atoms with van der Waals surface area (Å²) in [5.41, 5.74) is 1.82. The molecule has 1 N–H and O–H groups in total. The van der Waals surface area contributed by atoms with Gasteiger partial charge in [-0.1, -0.05) is 0 Å². The molecule has 1 aromatic heterocycles. The van der Waals surface area contributed by atoms with Crippen LogP contribution in [0.2, 0.25) is 0 Å². The lowest BCUT2D eigenvalue weighted by Gasteiger charge is -2.16. The molecule has 3 aromatic rings. The van der Waals surface area contributed by atoms with Crippen molar-refractivity contribution < 1.29 is 23.0 Å². The Morgan fingerprint density at radius 3 is 2.12 bits per heavy atom. The van der Waals surface area contributed by atoms with Crippen molar-refractivity contribution in [3.63, 3.8) is 0 Å². The van der Waals surface area contributed by atoms with Gasteiger partial charge in [0.2, 0.25) is 5.75 Å². The van der Waals surface area contributed by atoms with Crippen molar-refractivity contribution in [2.75, 3.05) is 26.6 Å². The van der Waals surface area contributed by atoms with Crippen LogP contribution in [-0.2, 0) is 0 Å². The van der Waals surface area contributed by atoms with Crippen molar-refractivity contribution in [3.05, 3.63) is 47.7 Å². The highest BCUT2D eigenvalue weighted by Gasteiger charge is 2.15. The molecular formula is C19H18F2N2O3. The minimum atomic E-state index is -0.711. The van der Waals surface area contributed by atoms with E-state index in [0.717, 1.165) is 6.07 Å². The highest BCUT2D eigenvalue weighted by molar-refractivity contribution is 5.94. The molecule has 136 valence electrons. The van der Waals surface area contributed by atoms with E-state index in [-0.39, 0.29) is 5.52 Å². The minimum Gasteiger partial charge on any atom is -0.493 e. The molecule has 2 aromatic carbocycles. The zero-order valence-corrected chi connectivity index (χ0v) is 14.8. The molecular weight excluding hydrogens is 342 g/mol. The quantitative estimate of drug-likeness (QED) is 0.721. The highest BCUT2D eigenvalue weighted by Crippen LogP contribution is 2.41. The van der Waals surface area contributed by atoms with E-state index in [0.29, 0.717) is 39.7 Å². The zero-order valence-electron chi connectivity index (χ0n) is 14.8.